The van der Waals surface area contributed by atoms with E-state index in [0.29, 0.717) is 18.2 Å². The van der Waals surface area contributed by atoms with Crippen LogP contribution in [0.4, 0.5) is 0 Å². The van der Waals surface area contributed by atoms with Gasteiger partial charge in [0.25, 0.3) is 5.91 Å². The van der Waals surface area contributed by atoms with Crippen molar-refractivity contribution in [1.82, 2.24) is 10.3 Å². The number of nitrogen functional groups attached to an aromatic ring is 1. The van der Waals surface area contributed by atoms with Gasteiger partial charge in [0, 0.05) is 24.7 Å². The van der Waals surface area contributed by atoms with Crippen molar-refractivity contribution in [1.29, 1.82) is 0 Å². The van der Waals surface area contributed by atoms with E-state index in [1.54, 1.807) is 24.3 Å². The van der Waals surface area contributed by atoms with Gasteiger partial charge in [0.1, 0.15) is 12.4 Å². The maximum Gasteiger partial charge on any atom is 0.265 e. The van der Waals surface area contributed by atoms with Crippen LogP contribution in [0.5, 0.6) is 5.75 Å². The van der Waals surface area contributed by atoms with Crippen LogP contribution in [0.2, 0.25) is 0 Å². The van der Waals surface area contributed by atoms with Crippen molar-refractivity contribution in [3.8, 4) is 5.75 Å². The molecule has 0 heterocycles. The van der Waals surface area contributed by atoms with Gasteiger partial charge in [-0.25, -0.2) is 5.84 Å². The molecular weight excluding hydrogens is 266 g/mol. The lowest BCUT2D eigenvalue weighted by Gasteiger charge is -2.26. The van der Waals surface area contributed by atoms with Crippen LogP contribution in [0.25, 0.3) is 0 Å². The Morgan fingerprint density at radius 2 is 2.05 bits per heavy atom. The fourth-order valence-electron chi connectivity index (χ4n) is 2.26. The van der Waals surface area contributed by atoms with Crippen LogP contribution in [0.3, 0.4) is 0 Å². The number of nitrogens with zero attached hydrogens (tertiary/aromatic N) is 1. The SMILES string of the molecule is CC(C)N(CCOc1ccc(C(=O)NN)cc1)CC1CC1. The van der Waals surface area contributed by atoms with Gasteiger partial charge in [-0.15, -0.1) is 0 Å². The Morgan fingerprint density at radius 1 is 1.38 bits per heavy atom. The summed E-state index contributed by atoms with van der Waals surface area (Å²) in [6.07, 6.45) is 2.74. The highest BCUT2D eigenvalue weighted by Crippen LogP contribution is 2.30. The summed E-state index contributed by atoms with van der Waals surface area (Å²) in [5.41, 5.74) is 2.64. The number of ether oxygens (including phenoxy) is 1. The van der Waals surface area contributed by atoms with Crippen LogP contribution < -0.4 is 16.0 Å². The zero-order chi connectivity index (χ0) is 15.2. The van der Waals surface area contributed by atoms with E-state index in [1.807, 2.05) is 0 Å². The largest absolute Gasteiger partial charge is 0.492 e. The van der Waals surface area contributed by atoms with Crippen molar-refractivity contribution in [2.45, 2.75) is 32.7 Å². The fraction of sp³-hybridized carbons (Fsp3) is 0.562. The summed E-state index contributed by atoms with van der Waals surface area (Å²) in [4.78, 5) is 13.8. The van der Waals surface area contributed by atoms with E-state index < -0.39 is 0 Å². The monoisotopic (exact) mass is 291 g/mol. The van der Waals surface area contributed by atoms with Crippen molar-refractivity contribution < 1.29 is 9.53 Å². The van der Waals surface area contributed by atoms with Gasteiger partial charge in [0.15, 0.2) is 0 Å². The molecule has 0 aromatic heterocycles. The molecule has 5 heteroatoms. The Balaban J connectivity index is 1.77. The summed E-state index contributed by atoms with van der Waals surface area (Å²) in [6.45, 7) is 7.22. The highest BCUT2D eigenvalue weighted by molar-refractivity contribution is 5.93. The summed E-state index contributed by atoms with van der Waals surface area (Å²) >= 11 is 0. The molecular formula is C16H25N3O2. The average Bonchev–Trinajstić information content (AvgIpc) is 3.30. The Hall–Kier alpha value is -1.59. The molecule has 1 aliphatic carbocycles. The first-order valence-corrected chi connectivity index (χ1v) is 7.58. The Bertz CT molecular complexity index is 455. The molecule has 0 aliphatic heterocycles. The second kappa shape index (κ2) is 7.43. The third kappa shape index (κ3) is 5.02. The van der Waals surface area contributed by atoms with Gasteiger partial charge in [-0.1, -0.05) is 0 Å². The van der Waals surface area contributed by atoms with Crippen LogP contribution in [-0.4, -0.2) is 36.5 Å². The van der Waals surface area contributed by atoms with E-state index in [0.717, 1.165) is 18.2 Å². The molecule has 21 heavy (non-hydrogen) atoms. The van der Waals surface area contributed by atoms with Crippen LogP contribution in [0.1, 0.15) is 37.0 Å². The summed E-state index contributed by atoms with van der Waals surface area (Å²) < 4.78 is 5.75. The molecule has 5 nitrogen and oxygen atoms in total. The number of hydrogen-bond acceptors (Lipinski definition) is 4. The smallest absolute Gasteiger partial charge is 0.265 e. The first kappa shape index (κ1) is 15.8. The number of nitrogens with two attached hydrogens (primary N) is 1. The van der Waals surface area contributed by atoms with E-state index in [4.69, 9.17) is 10.6 Å². The van der Waals surface area contributed by atoms with Crippen LogP contribution in [-0.2, 0) is 0 Å². The molecule has 0 saturated heterocycles. The van der Waals surface area contributed by atoms with Crippen molar-refractivity contribution in [3.63, 3.8) is 0 Å². The molecule has 0 atom stereocenters. The predicted molar refractivity (Wildman–Crippen MR) is 83.0 cm³/mol. The van der Waals surface area contributed by atoms with E-state index in [1.165, 1.54) is 19.4 Å². The number of amides is 1. The van der Waals surface area contributed by atoms with Gasteiger partial charge in [-0.2, -0.15) is 0 Å². The topological polar surface area (TPSA) is 67.6 Å². The molecule has 3 N–H and O–H groups in total. The molecule has 2 rings (SSSR count). The first-order chi connectivity index (χ1) is 10.1. The maximum atomic E-state index is 11.3. The van der Waals surface area contributed by atoms with E-state index in [2.05, 4.69) is 24.2 Å². The molecule has 1 saturated carbocycles. The third-order valence-electron chi connectivity index (χ3n) is 3.81. The lowest BCUT2D eigenvalue weighted by Crippen LogP contribution is -2.36. The van der Waals surface area contributed by atoms with Gasteiger partial charge in [-0.05, 0) is 56.9 Å². The van der Waals surface area contributed by atoms with Gasteiger partial charge in [0.05, 0.1) is 0 Å². The summed E-state index contributed by atoms with van der Waals surface area (Å²) in [6, 6.07) is 7.56. The maximum absolute atomic E-state index is 11.3. The molecule has 0 bridgehead atoms. The molecule has 1 aromatic rings. The molecule has 1 aromatic carbocycles. The highest BCUT2D eigenvalue weighted by atomic mass is 16.5. The van der Waals surface area contributed by atoms with Gasteiger partial charge in [-0.3, -0.25) is 15.1 Å². The summed E-state index contributed by atoms with van der Waals surface area (Å²) in [5.74, 6) is 6.46. The number of carbonyl (C=O) groups excluding carboxylic acids is 1. The third-order valence-corrected chi connectivity index (χ3v) is 3.81. The quantitative estimate of drug-likeness (QED) is 0.435. The minimum absolute atomic E-state index is 0.294. The van der Waals surface area contributed by atoms with Crippen molar-refractivity contribution in [3.05, 3.63) is 29.8 Å². The molecule has 1 fully saturated rings. The zero-order valence-electron chi connectivity index (χ0n) is 12.8. The van der Waals surface area contributed by atoms with E-state index in [-0.39, 0.29) is 5.91 Å². The fourth-order valence-corrected chi connectivity index (χ4v) is 2.26. The van der Waals surface area contributed by atoms with Crippen molar-refractivity contribution in [2.24, 2.45) is 11.8 Å². The molecule has 0 unspecified atom stereocenters. The Kier molecular flexibility index (Phi) is 5.59. The number of nitrogens with one attached hydrogen (secondary N) is 1. The number of rotatable bonds is 8. The van der Waals surface area contributed by atoms with Crippen LogP contribution in [0.15, 0.2) is 24.3 Å². The normalized spacial score (nSPS) is 14.5. The second-order valence-corrected chi connectivity index (χ2v) is 5.88. The number of benzene rings is 1. The minimum atomic E-state index is -0.294. The first-order valence-electron chi connectivity index (χ1n) is 7.58. The summed E-state index contributed by atoms with van der Waals surface area (Å²) in [5, 5.41) is 0. The molecule has 0 radical (unpaired) electrons. The van der Waals surface area contributed by atoms with Gasteiger partial charge in [0.2, 0.25) is 0 Å². The van der Waals surface area contributed by atoms with Crippen molar-refractivity contribution >= 4 is 5.91 Å². The number of carbonyl (C=O) groups is 1. The lowest BCUT2D eigenvalue weighted by molar-refractivity contribution is 0.0953. The number of hydrogen-bond donors (Lipinski definition) is 2. The molecule has 1 aliphatic rings. The predicted octanol–water partition coefficient (Wildman–Crippen LogP) is 1.79. The standard InChI is InChI=1S/C16H25N3O2/c1-12(2)19(11-13-3-4-13)9-10-21-15-7-5-14(6-8-15)16(20)18-17/h5-8,12-13H,3-4,9-11,17H2,1-2H3,(H,18,20). The van der Waals surface area contributed by atoms with Gasteiger partial charge < -0.3 is 4.74 Å². The Labute approximate surface area is 126 Å². The summed E-state index contributed by atoms with van der Waals surface area (Å²) in [7, 11) is 0. The number of hydrazine groups is 1. The molecule has 116 valence electrons. The van der Waals surface area contributed by atoms with E-state index in [9.17, 15) is 4.79 Å². The average molecular weight is 291 g/mol. The minimum Gasteiger partial charge on any atom is -0.492 e. The lowest BCUT2D eigenvalue weighted by atomic mass is 10.2. The Morgan fingerprint density at radius 3 is 2.57 bits per heavy atom. The molecule has 0 spiro atoms. The van der Waals surface area contributed by atoms with Gasteiger partial charge >= 0.3 is 0 Å². The molecule has 1 amide bonds. The van der Waals surface area contributed by atoms with Crippen LogP contribution >= 0.6 is 0 Å². The highest BCUT2D eigenvalue weighted by Gasteiger charge is 2.25. The zero-order valence-corrected chi connectivity index (χ0v) is 12.8. The van der Waals surface area contributed by atoms with E-state index >= 15 is 0 Å². The van der Waals surface area contributed by atoms with Crippen molar-refractivity contribution in [2.75, 3.05) is 19.7 Å². The van der Waals surface area contributed by atoms with Crippen LogP contribution in [0, 0.1) is 5.92 Å². The second-order valence-electron chi connectivity index (χ2n) is 5.88.